The summed E-state index contributed by atoms with van der Waals surface area (Å²) < 4.78 is 12.7. The molecule has 2 saturated heterocycles. The summed E-state index contributed by atoms with van der Waals surface area (Å²) in [5, 5.41) is 0.572. The van der Waals surface area contributed by atoms with E-state index in [9.17, 15) is 4.79 Å². The second kappa shape index (κ2) is 9.91. The second-order valence-corrected chi connectivity index (χ2v) is 8.68. The van der Waals surface area contributed by atoms with Gasteiger partial charge in [0.05, 0.1) is 35.8 Å². The number of rotatable bonds is 6. The van der Waals surface area contributed by atoms with Gasteiger partial charge in [0.1, 0.15) is 18.2 Å². The van der Waals surface area contributed by atoms with Crippen molar-refractivity contribution in [3.63, 3.8) is 0 Å². The maximum atomic E-state index is 12.7. The third-order valence-electron chi connectivity index (χ3n) is 6.13. The third-order valence-corrected chi connectivity index (χ3v) is 6.35. The summed E-state index contributed by atoms with van der Waals surface area (Å²) in [5.74, 6) is 1.43. The van der Waals surface area contributed by atoms with Gasteiger partial charge in [0.15, 0.2) is 0 Å². The highest BCUT2D eigenvalue weighted by atomic mass is 35.5. The quantitative estimate of drug-likeness (QED) is 0.552. The number of morpholine rings is 1. The molecule has 172 valence electrons. The number of halogens is 1. The van der Waals surface area contributed by atoms with E-state index in [1.165, 1.54) is 6.07 Å². The van der Waals surface area contributed by atoms with Crippen LogP contribution in [-0.2, 0) is 11.3 Å². The number of hydrogen-bond acceptors (Lipinski definition) is 7. The van der Waals surface area contributed by atoms with Crippen molar-refractivity contribution in [1.29, 1.82) is 0 Å². The van der Waals surface area contributed by atoms with Crippen molar-refractivity contribution in [2.45, 2.75) is 19.1 Å². The molecule has 5 heterocycles. The predicted molar refractivity (Wildman–Crippen MR) is 126 cm³/mol. The summed E-state index contributed by atoms with van der Waals surface area (Å²) in [6.07, 6.45) is 6.15. The summed E-state index contributed by atoms with van der Waals surface area (Å²) in [7, 11) is 0. The van der Waals surface area contributed by atoms with Crippen LogP contribution < -0.4 is 15.2 Å². The van der Waals surface area contributed by atoms with E-state index < -0.39 is 0 Å². The fourth-order valence-electron chi connectivity index (χ4n) is 4.31. The first-order valence-corrected chi connectivity index (χ1v) is 11.5. The molecule has 1 unspecified atom stereocenters. The second-order valence-electron chi connectivity index (χ2n) is 8.24. The van der Waals surface area contributed by atoms with Gasteiger partial charge in [-0.3, -0.25) is 19.2 Å². The molecule has 8 nitrogen and oxygen atoms in total. The zero-order valence-electron chi connectivity index (χ0n) is 18.3. The van der Waals surface area contributed by atoms with E-state index in [-0.39, 0.29) is 12.2 Å². The Labute approximate surface area is 197 Å². The highest BCUT2D eigenvalue weighted by molar-refractivity contribution is 6.30. The molecular formula is C24H26ClN5O3. The monoisotopic (exact) mass is 467 g/mol. The Kier molecular flexibility index (Phi) is 6.57. The van der Waals surface area contributed by atoms with E-state index in [1.54, 1.807) is 41.4 Å². The van der Waals surface area contributed by atoms with Crippen LogP contribution in [0.25, 0.3) is 5.69 Å². The van der Waals surface area contributed by atoms with Crippen LogP contribution in [-0.4, -0.2) is 64.9 Å². The SMILES string of the molecule is O=c1cc(OCc2ccc(Cl)cn2)ccn1-c1ccc(N2CCC(N3CCOCC3)C2)nc1. The van der Waals surface area contributed by atoms with E-state index >= 15 is 0 Å². The van der Waals surface area contributed by atoms with Gasteiger partial charge in [-0.25, -0.2) is 4.98 Å². The van der Waals surface area contributed by atoms with Crippen LogP contribution in [0.15, 0.2) is 59.8 Å². The van der Waals surface area contributed by atoms with Gasteiger partial charge in [0, 0.05) is 50.7 Å². The van der Waals surface area contributed by atoms with E-state index in [1.807, 2.05) is 12.1 Å². The van der Waals surface area contributed by atoms with Crippen LogP contribution in [0.1, 0.15) is 12.1 Å². The molecule has 0 saturated carbocycles. The molecule has 2 aliphatic rings. The normalized spacial score (nSPS) is 19.1. The first-order chi connectivity index (χ1) is 16.2. The summed E-state index contributed by atoms with van der Waals surface area (Å²) in [4.78, 5) is 26.3. The van der Waals surface area contributed by atoms with E-state index in [0.717, 1.165) is 63.0 Å². The molecule has 0 radical (unpaired) electrons. The van der Waals surface area contributed by atoms with Crippen LogP contribution in [0.2, 0.25) is 5.02 Å². The minimum absolute atomic E-state index is 0.181. The summed E-state index contributed by atoms with van der Waals surface area (Å²) in [6.45, 7) is 5.87. The van der Waals surface area contributed by atoms with Gasteiger partial charge in [0.2, 0.25) is 0 Å². The van der Waals surface area contributed by atoms with Gasteiger partial charge in [-0.1, -0.05) is 11.6 Å². The number of anilines is 1. The van der Waals surface area contributed by atoms with Gasteiger partial charge in [-0.05, 0) is 36.8 Å². The van der Waals surface area contributed by atoms with Crippen LogP contribution in [0.3, 0.4) is 0 Å². The molecule has 0 spiro atoms. The summed E-state index contributed by atoms with van der Waals surface area (Å²) >= 11 is 5.85. The molecule has 5 rings (SSSR count). The maximum Gasteiger partial charge on any atom is 0.258 e. The smallest absolute Gasteiger partial charge is 0.258 e. The molecule has 0 N–H and O–H groups in total. The summed E-state index contributed by atoms with van der Waals surface area (Å²) in [5.41, 5.74) is 1.28. The average Bonchev–Trinajstić information content (AvgIpc) is 3.35. The minimum Gasteiger partial charge on any atom is -0.487 e. The summed E-state index contributed by atoms with van der Waals surface area (Å²) in [6, 6.07) is 11.3. The number of ether oxygens (including phenoxy) is 2. The zero-order chi connectivity index (χ0) is 22.6. The lowest BCUT2D eigenvalue weighted by atomic mass is 10.2. The van der Waals surface area contributed by atoms with Crippen molar-refractivity contribution in [3.8, 4) is 11.4 Å². The fraction of sp³-hybridized carbons (Fsp3) is 0.375. The minimum atomic E-state index is -0.181. The molecule has 33 heavy (non-hydrogen) atoms. The lowest BCUT2D eigenvalue weighted by Crippen LogP contribution is -2.44. The van der Waals surface area contributed by atoms with Crippen molar-refractivity contribution in [1.82, 2.24) is 19.4 Å². The van der Waals surface area contributed by atoms with Gasteiger partial charge < -0.3 is 14.4 Å². The van der Waals surface area contributed by atoms with E-state index in [4.69, 9.17) is 21.1 Å². The number of hydrogen-bond donors (Lipinski definition) is 0. The fourth-order valence-corrected chi connectivity index (χ4v) is 4.42. The highest BCUT2D eigenvalue weighted by Gasteiger charge is 2.29. The molecule has 0 amide bonds. The lowest BCUT2D eigenvalue weighted by Gasteiger charge is -2.32. The van der Waals surface area contributed by atoms with Gasteiger partial charge in [0.25, 0.3) is 5.56 Å². The third kappa shape index (κ3) is 5.19. The van der Waals surface area contributed by atoms with E-state index in [2.05, 4.69) is 19.8 Å². The Balaban J connectivity index is 1.21. The molecule has 1 atom stereocenters. The Morgan fingerprint density at radius 3 is 2.67 bits per heavy atom. The van der Waals surface area contributed by atoms with Crippen LogP contribution >= 0.6 is 11.6 Å². The van der Waals surface area contributed by atoms with Crippen molar-refractivity contribution in [2.75, 3.05) is 44.3 Å². The average molecular weight is 468 g/mol. The van der Waals surface area contributed by atoms with Crippen molar-refractivity contribution in [3.05, 3.63) is 76.1 Å². The number of aromatic nitrogens is 3. The van der Waals surface area contributed by atoms with Crippen LogP contribution in [0.4, 0.5) is 5.82 Å². The molecule has 0 aliphatic carbocycles. The Morgan fingerprint density at radius 1 is 1.06 bits per heavy atom. The Morgan fingerprint density at radius 2 is 1.94 bits per heavy atom. The molecule has 2 fully saturated rings. The van der Waals surface area contributed by atoms with Crippen LogP contribution in [0.5, 0.6) is 5.75 Å². The number of nitrogens with zero attached hydrogens (tertiary/aromatic N) is 5. The van der Waals surface area contributed by atoms with Crippen molar-refractivity contribution < 1.29 is 9.47 Å². The molecule has 2 aliphatic heterocycles. The van der Waals surface area contributed by atoms with Gasteiger partial charge >= 0.3 is 0 Å². The number of pyridine rings is 3. The van der Waals surface area contributed by atoms with Crippen molar-refractivity contribution in [2.24, 2.45) is 0 Å². The molecule has 9 heteroatoms. The zero-order valence-corrected chi connectivity index (χ0v) is 19.0. The molecule has 3 aromatic heterocycles. The highest BCUT2D eigenvalue weighted by Crippen LogP contribution is 2.23. The standard InChI is InChI=1S/C24H26ClN5O3/c25-18-1-2-19(26-14-18)17-33-22-6-8-30(24(31)13-22)20-3-4-23(27-15-20)29-7-5-21(16-29)28-9-11-32-12-10-28/h1-4,6,8,13-15,21H,5,7,9-12,16-17H2. The van der Waals surface area contributed by atoms with Gasteiger partial charge in [-0.2, -0.15) is 0 Å². The molecule has 0 aromatic carbocycles. The topological polar surface area (TPSA) is 72.7 Å². The molecular weight excluding hydrogens is 442 g/mol. The largest absolute Gasteiger partial charge is 0.487 e. The van der Waals surface area contributed by atoms with E-state index in [0.29, 0.717) is 16.8 Å². The van der Waals surface area contributed by atoms with Crippen LogP contribution in [0, 0.1) is 0 Å². The van der Waals surface area contributed by atoms with Crippen molar-refractivity contribution >= 4 is 17.4 Å². The first kappa shape index (κ1) is 21.9. The lowest BCUT2D eigenvalue weighted by molar-refractivity contribution is 0.0209. The van der Waals surface area contributed by atoms with Gasteiger partial charge in [-0.15, -0.1) is 0 Å². The predicted octanol–water partition coefficient (Wildman–Crippen LogP) is 2.77. The Bertz CT molecular complexity index is 1130. The first-order valence-electron chi connectivity index (χ1n) is 11.1. The molecule has 0 bridgehead atoms. The maximum absolute atomic E-state index is 12.7. The molecule has 3 aromatic rings. The Hall–Kier alpha value is -2.94.